The van der Waals surface area contributed by atoms with E-state index >= 15 is 0 Å². The molecule has 1 aliphatic rings. The minimum Gasteiger partial charge on any atom is -0.370 e. The predicted octanol–water partition coefficient (Wildman–Crippen LogP) is 3.41. The van der Waals surface area contributed by atoms with Crippen molar-refractivity contribution in [1.82, 2.24) is 9.97 Å². The summed E-state index contributed by atoms with van der Waals surface area (Å²) < 4.78 is 38.8. The smallest absolute Gasteiger partial charge is 0.370 e. The summed E-state index contributed by atoms with van der Waals surface area (Å²) in [6.45, 7) is 8.19. The monoisotopic (exact) mass is 302 g/mol. The van der Waals surface area contributed by atoms with Gasteiger partial charge in [0.05, 0.1) is 0 Å². The fraction of sp³-hybridized carbons (Fsp3) is 0.714. The topological polar surface area (TPSA) is 41.0 Å². The Kier molecular flexibility index (Phi) is 4.58. The Morgan fingerprint density at radius 2 is 1.86 bits per heavy atom. The van der Waals surface area contributed by atoms with Crippen molar-refractivity contribution in [1.29, 1.82) is 0 Å². The molecule has 2 atom stereocenters. The zero-order valence-electron chi connectivity index (χ0n) is 12.5. The van der Waals surface area contributed by atoms with Gasteiger partial charge in [0.1, 0.15) is 11.6 Å². The van der Waals surface area contributed by atoms with Crippen LogP contribution in [-0.4, -0.2) is 29.6 Å². The molecule has 118 valence electrons. The van der Waals surface area contributed by atoms with Gasteiger partial charge in [0.25, 0.3) is 0 Å². The van der Waals surface area contributed by atoms with Gasteiger partial charge in [-0.15, -0.1) is 0 Å². The highest BCUT2D eigenvalue weighted by Crippen LogP contribution is 2.32. The normalized spacial score (nSPS) is 22.7. The van der Waals surface area contributed by atoms with Crippen molar-refractivity contribution in [2.75, 3.05) is 29.9 Å². The maximum Gasteiger partial charge on any atom is 0.451 e. The summed E-state index contributed by atoms with van der Waals surface area (Å²) in [7, 11) is 0. The van der Waals surface area contributed by atoms with Crippen LogP contribution in [0.25, 0.3) is 0 Å². The molecule has 0 bridgehead atoms. The molecule has 1 aromatic heterocycles. The van der Waals surface area contributed by atoms with Gasteiger partial charge in [0, 0.05) is 25.7 Å². The molecule has 0 amide bonds. The first-order valence-electron chi connectivity index (χ1n) is 7.26. The second kappa shape index (κ2) is 6.07. The van der Waals surface area contributed by atoms with Gasteiger partial charge in [-0.2, -0.15) is 13.2 Å². The van der Waals surface area contributed by atoms with Crippen LogP contribution in [0.4, 0.5) is 24.8 Å². The molecule has 1 fully saturated rings. The zero-order valence-corrected chi connectivity index (χ0v) is 12.5. The van der Waals surface area contributed by atoms with Crippen molar-refractivity contribution in [2.24, 2.45) is 11.8 Å². The van der Waals surface area contributed by atoms with Crippen molar-refractivity contribution in [3.8, 4) is 0 Å². The Balaban J connectivity index is 2.31. The molecule has 2 heterocycles. The molecule has 1 aromatic rings. The van der Waals surface area contributed by atoms with Gasteiger partial charge in [0.2, 0.25) is 5.82 Å². The Morgan fingerprint density at radius 3 is 2.38 bits per heavy atom. The molecule has 2 rings (SSSR count). The molecule has 1 saturated heterocycles. The highest BCUT2D eigenvalue weighted by molar-refractivity contribution is 5.50. The third kappa shape index (κ3) is 3.77. The number of rotatable bonds is 4. The lowest BCUT2D eigenvalue weighted by molar-refractivity contribution is -0.144. The first kappa shape index (κ1) is 15.9. The highest BCUT2D eigenvalue weighted by Gasteiger charge is 2.36. The predicted molar refractivity (Wildman–Crippen MR) is 76.4 cm³/mol. The molecule has 0 spiro atoms. The van der Waals surface area contributed by atoms with Crippen LogP contribution in [0, 0.1) is 11.8 Å². The van der Waals surface area contributed by atoms with Crippen LogP contribution in [0.5, 0.6) is 0 Å². The van der Waals surface area contributed by atoms with Crippen molar-refractivity contribution < 1.29 is 13.2 Å². The molecule has 2 unspecified atom stereocenters. The lowest BCUT2D eigenvalue weighted by atomic mass is 10.0. The van der Waals surface area contributed by atoms with E-state index in [2.05, 4.69) is 29.1 Å². The lowest BCUT2D eigenvalue weighted by Crippen LogP contribution is -2.23. The summed E-state index contributed by atoms with van der Waals surface area (Å²) in [6, 6.07) is 1.61. The van der Waals surface area contributed by atoms with Crippen LogP contribution >= 0.6 is 0 Å². The fourth-order valence-electron chi connectivity index (χ4n) is 2.38. The minimum atomic E-state index is -4.53. The summed E-state index contributed by atoms with van der Waals surface area (Å²) in [5.74, 6) is 0.405. The molecule has 0 saturated carbocycles. The molecular weight excluding hydrogens is 281 g/mol. The van der Waals surface area contributed by atoms with Gasteiger partial charge in [0.15, 0.2) is 0 Å². The van der Waals surface area contributed by atoms with E-state index in [0.717, 1.165) is 19.5 Å². The molecule has 0 aliphatic carbocycles. The molecule has 0 radical (unpaired) electrons. The molecule has 4 nitrogen and oxygen atoms in total. The van der Waals surface area contributed by atoms with Crippen molar-refractivity contribution in [3.05, 3.63) is 11.9 Å². The number of nitrogens with zero attached hydrogens (tertiary/aromatic N) is 3. The van der Waals surface area contributed by atoms with Crippen LogP contribution < -0.4 is 10.2 Å². The average Bonchev–Trinajstić information content (AvgIpc) is 2.75. The van der Waals surface area contributed by atoms with E-state index in [1.165, 1.54) is 0 Å². The van der Waals surface area contributed by atoms with Gasteiger partial charge in [-0.25, -0.2) is 9.97 Å². The maximum absolute atomic E-state index is 12.9. The zero-order chi connectivity index (χ0) is 15.6. The number of hydrogen-bond donors (Lipinski definition) is 1. The Hall–Kier alpha value is -1.53. The third-order valence-electron chi connectivity index (χ3n) is 3.83. The molecule has 21 heavy (non-hydrogen) atoms. The molecule has 7 heteroatoms. The van der Waals surface area contributed by atoms with Crippen LogP contribution in [-0.2, 0) is 6.18 Å². The Bertz CT molecular complexity index is 480. The largest absolute Gasteiger partial charge is 0.451 e. The van der Waals surface area contributed by atoms with Gasteiger partial charge in [-0.3, -0.25) is 0 Å². The lowest BCUT2D eigenvalue weighted by Gasteiger charge is -2.19. The molecule has 1 N–H and O–H groups in total. The van der Waals surface area contributed by atoms with Gasteiger partial charge >= 0.3 is 6.18 Å². The van der Waals surface area contributed by atoms with E-state index in [1.54, 1.807) is 6.07 Å². The summed E-state index contributed by atoms with van der Waals surface area (Å²) in [5.41, 5.74) is 0. The van der Waals surface area contributed by atoms with E-state index < -0.39 is 12.0 Å². The number of aromatic nitrogens is 2. The second-order valence-corrected chi connectivity index (χ2v) is 5.72. The number of alkyl halides is 3. The van der Waals surface area contributed by atoms with Crippen molar-refractivity contribution in [2.45, 2.75) is 33.4 Å². The number of anilines is 2. The number of halogens is 3. The SMILES string of the molecule is CCCNc1cc(N2CC(C)C(C)C2)nc(C(F)(F)F)n1. The van der Waals surface area contributed by atoms with E-state index in [-0.39, 0.29) is 5.82 Å². The first-order chi connectivity index (χ1) is 9.81. The van der Waals surface area contributed by atoms with Crippen molar-refractivity contribution >= 4 is 11.6 Å². The Morgan fingerprint density at radius 1 is 1.24 bits per heavy atom. The van der Waals surface area contributed by atoms with Crippen molar-refractivity contribution in [3.63, 3.8) is 0 Å². The summed E-state index contributed by atoms with van der Waals surface area (Å²) in [4.78, 5) is 9.20. The average molecular weight is 302 g/mol. The highest BCUT2D eigenvalue weighted by atomic mass is 19.4. The van der Waals surface area contributed by atoms with Crippen LogP contribution in [0.15, 0.2) is 6.07 Å². The molecular formula is C14H21F3N4. The number of nitrogens with one attached hydrogen (secondary N) is 1. The Labute approximate surface area is 122 Å². The fourth-order valence-corrected chi connectivity index (χ4v) is 2.38. The van der Waals surface area contributed by atoms with Gasteiger partial charge < -0.3 is 10.2 Å². The van der Waals surface area contributed by atoms with E-state index in [9.17, 15) is 13.2 Å². The van der Waals surface area contributed by atoms with Crippen LogP contribution in [0.1, 0.15) is 33.0 Å². The second-order valence-electron chi connectivity index (χ2n) is 5.72. The summed E-state index contributed by atoms with van der Waals surface area (Å²) >= 11 is 0. The quantitative estimate of drug-likeness (QED) is 0.925. The van der Waals surface area contributed by atoms with Gasteiger partial charge in [-0.1, -0.05) is 20.8 Å². The molecule has 1 aliphatic heterocycles. The van der Waals surface area contributed by atoms with E-state index in [4.69, 9.17) is 0 Å². The minimum absolute atomic E-state index is 0.237. The van der Waals surface area contributed by atoms with Gasteiger partial charge in [-0.05, 0) is 18.3 Å². The third-order valence-corrected chi connectivity index (χ3v) is 3.83. The molecule has 0 aromatic carbocycles. The maximum atomic E-state index is 12.9. The van der Waals surface area contributed by atoms with E-state index in [0.29, 0.717) is 24.2 Å². The summed E-state index contributed by atoms with van der Waals surface area (Å²) in [6.07, 6.45) is -3.71. The number of hydrogen-bond acceptors (Lipinski definition) is 4. The summed E-state index contributed by atoms with van der Waals surface area (Å²) in [5, 5.41) is 2.92. The van der Waals surface area contributed by atoms with E-state index in [1.807, 2.05) is 11.8 Å². The van der Waals surface area contributed by atoms with Crippen LogP contribution in [0.2, 0.25) is 0 Å². The van der Waals surface area contributed by atoms with Crippen LogP contribution in [0.3, 0.4) is 0 Å². The first-order valence-corrected chi connectivity index (χ1v) is 7.26. The standard InChI is InChI=1S/C14H21F3N4/c1-4-5-18-11-6-12(20-13(19-11)14(15,16)17)21-7-9(2)10(3)8-21/h6,9-10H,4-5,7-8H2,1-3H3,(H,18,19,20).